The Hall–Kier alpha value is -2.76. The van der Waals surface area contributed by atoms with Gasteiger partial charge in [-0.3, -0.25) is 9.59 Å². The number of hydrogen-bond donors (Lipinski definition) is 0. The average Bonchev–Trinajstić information content (AvgIpc) is 2.61. The highest BCUT2D eigenvalue weighted by atomic mass is 19.1. The smallest absolute Gasteiger partial charge is 0.256 e. The number of halogens is 2. The van der Waals surface area contributed by atoms with Gasteiger partial charge in [0.25, 0.3) is 5.91 Å². The fraction of sp³-hybridized carbons (Fsp3) is 0.300. The molecule has 0 atom stereocenters. The highest BCUT2D eigenvalue weighted by Crippen LogP contribution is 2.15. The molecule has 4 nitrogen and oxygen atoms in total. The molecule has 2 aromatic rings. The van der Waals surface area contributed by atoms with Crippen LogP contribution >= 0.6 is 0 Å². The van der Waals surface area contributed by atoms with E-state index >= 15 is 0 Å². The van der Waals surface area contributed by atoms with Crippen molar-refractivity contribution >= 4 is 11.8 Å². The zero-order valence-electron chi connectivity index (χ0n) is 14.5. The van der Waals surface area contributed by atoms with E-state index in [0.29, 0.717) is 38.7 Å². The predicted molar refractivity (Wildman–Crippen MR) is 93.7 cm³/mol. The number of nitrogens with zero attached hydrogens (tertiary/aromatic N) is 2. The molecule has 1 aliphatic rings. The third-order valence-corrected chi connectivity index (χ3v) is 4.52. The molecule has 1 saturated heterocycles. The van der Waals surface area contributed by atoms with Crippen molar-refractivity contribution in [3.8, 4) is 0 Å². The lowest BCUT2D eigenvalue weighted by Gasteiger charge is -2.35. The van der Waals surface area contributed by atoms with Crippen molar-refractivity contribution in [1.82, 2.24) is 9.80 Å². The van der Waals surface area contributed by atoms with Crippen LogP contribution in [0.5, 0.6) is 0 Å². The van der Waals surface area contributed by atoms with Crippen LogP contribution in [0.1, 0.15) is 21.5 Å². The first-order valence-corrected chi connectivity index (χ1v) is 8.51. The fourth-order valence-corrected chi connectivity index (χ4v) is 3.10. The van der Waals surface area contributed by atoms with E-state index in [0.717, 1.165) is 23.3 Å². The number of carbonyl (C=O) groups excluding carboxylic acids is 2. The van der Waals surface area contributed by atoms with Crippen molar-refractivity contribution in [1.29, 1.82) is 0 Å². The van der Waals surface area contributed by atoms with E-state index in [4.69, 9.17) is 0 Å². The topological polar surface area (TPSA) is 40.6 Å². The monoisotopic (exact) mass is 358 g/mol. The zero-order valence-corrected chi connectivity index (χ0v) is 14.5. The van der Waals surface area contributed by atoms with Crippen LogP contribution in [0.3, 0.4) is 0 Å². The van der Waals surface area contributed by atoms with Crippen molar-refractivity contribution in [2.45, 2.75) is 13.3 Å². The van der Waals surface area contributed by atoms with Gasteiger partial charge in [0.05, 0.1) is 12.0 Å². The van der Waals surface area contributed by atoms with Gasteiger partial charge in [-0.05, 0) is 24.6 Å². The molecule has 26 heavy (non-hydrogen) atoms. The molecule has 0 aliphatic carbocycles. The second kappa shape index (κ2) is 7.64. The molecule has 1 heterocycles. The molecule has 2 amide bonds. The summed E-state index contributed by atoms with van der Waals surface area (Å²) >= 11 is 0. The molecule has 1 fully saturated rings. The normalized spacial score (nSPS) is 14.4. The third-order valence-electron chi connectivity index (χ3n) is 4.52. The molecule has 1 aliphatic heterocycles. The van der Waals surface area contributed by atoms with E-state index in [1.54, 1.807) is 4.90 Å². The van der Waals surface area contributed by atoms with Crippen LogP contribution in [0.15, 0.2) is 42.5 Å². The summed E-state index contributed by atoms with van der Waals surface area (Å²) in [5.74, 6) is -2.05. The SMILES string of the molecule is Cc1cccc(CC(=O)N2CCN(C(=O)c3ccc(F)cc3F)CC2)c1. The van der Waals surface area contributed by atoms with Gasteiger partial charge in [-0.15, -0.1) is 0 Å². The average molecular weight is 358 g/mol. The zero-order chi connectivity index (χ0) is 18.7. The molecule has 0 bridgehead atoms. The second-order valence-corrected chi connectivity index (χ2v) is 6.46. The third kappa shape index (κ3) is 4.07. The lowest BCUT2D eigenvalue weighted by molar-refractivity contribution is -0.131. The summed E-state index contributed by atoms with van der Waals surface area (Å²) in [4.78, 5) is 28.0. The number of piperazine rings is 1. The van der Waals surface area contributed by atoms with Crippen LogP contribution in [0.4, 0.5) is 8.78 Å². The number of amides is 2. The Labute approximate surface area is 151 Å². The van der Waals surface area contributed by atoms with E-state index < -0.39 is 17.5 Å². The number of hydrogen-bond acceptors (Lipinski definition) is 2. The largest absolute Gasteiger partial charge is 0.339 e. The first-order chi connectivity index (χ1) is 12.4. The van der Waals surface area contributed by atoms with Crippen LogP contribution in [0, 0.1) is 18.6 Å². The van der Waals surface area contributed by atoms with Crippen molar-refractivity contribution in [2.24, 2.45) is 0 Å². The fourth-order valence-electron chi connectivity index (χ4n) is 3.10. The van der Waals surface area contributed by atoms with E-state index in [1.807, 2.05) is 31.2 Å². The highest BCUT2D eigenvalue weighted by molar-refractivity contribution is 5.94. The van der Waals surface area contributed by atoms with E-state index in [-0.39, 0.29) is 11.5 Å². The first kappa shape index (κ1) is 18.0. The quantitative estimate of drug-likeness (QED) is 0.847. The van der Waals surface area contributed by atoms with Gasteiger partial charge in [0.2, 0.25) is 5.91 Å². The summed E-state index contributed by atoms with van der Waals surface area (Å²) in [6.07, 6.45) is 0.322. The lowest BCUT2D eigenvalue weighted by Crippen LogP contribution is -2.51. The van der Waals surface area contributed by atoms with Crippen LogP contribution in [0.2, 0.25) is 0 Å². The number of benzene rings is 2. The highest BCUT2D eigenvalue weighted by Gasteiger charge is 2.26. The predicted octanol–water partition coefficient (Wildman–Crippen LogP) is 2.80. The summed E-state index contributed by atoms with van der Waals surface area (Å²) < 4.78 is 26.8. The molecule has 3 rings (SSSR count). The molecule has 136 valence electrons. The van der Waals surface area contributed by atoms with Crippen LogP contribution in [0.25, 0.3) is 0 Å². The summed E-state index contributed by atoms with van der Waals surface area (Å²) in [6, 6.07) is 10.7. The van der Waals surface area contributed by atoms with E-state index in [2.05, 4.69) is 0 Å². The molecule has 6 heteroatoms. The number of carbonyl (C=O) groups is 2. The van der Waals surface area contributed by atoms with Crippen molar-refractivity contribution in [3.05, 3.63) is 70.8 Å². The Balaban J connectivity index is 1.58. The van der Waals surface area contributed by atoms with Crippen LogP contribution < -0.4 is 0 Å². The van der Waals surface area contributed by atoms with Gasteiger partial charge in [0.15, 0.2) is 0 Å². The number of aryl methyl sites for hydroxylation is 1. The van der Waals surface area contributed by atoms with Crippen molar-refractivity contribution in [3.63, 3.8) is 0 Å². The Kier molecular flexibility index (Phi) is 5.30. The summed E-state index contributed by atoms with van der Waals surface area (Å²) in [5.41, 5.74) is 1.92. The molecule has 2 aromatic carbocycles. The summed E-state index contributed by atoms with van der Waals surface area (Å²) in [5, 5.41) is 0. The molecular weight excluding hydrogens is 338 g/mol. The van der Waals surface area contributed by atoms with E-state index in [9.17, 15) is 18.4 Å². The standard InChI is InChI=1S/C20H20F2N2O2/c1-14-3-2-4-15(11-14)12-19(25)23-7-9-24(10-8-23)20(26)17-6-5-16(21)13-18(17)22/h2-6,11,13H,7-10,12H2,1H3. The van der Waals surface area contributed by atoms with Crippen LogP contribution in [-0.4, -0.2) is 47.8 Å². The van der Waals surface area contributed by atoms with E-state index in [1.165, 1.54) is 4.90 Å². The molecule has 0 aromatic heterocycles. The van der Waals surface area contributed by atoms with Gasteiger partial charge >= 0.3 is 0 Å². The molecular formula is C20H20F2N2O2. The molecule has 0 radical (unpaired) electrons. The summed E-state index contributed by atoms with van der Waals surface area (Å²) in [7, 11) is 0. The van der Waals surface area contributed by atoms with Gasteiger partial charge < -0.3 is 9.80 Å². The Bertz CT molecular complexity index is 830. The van der Waals surface area contributed by atoms with Gasteiger partial charge in [0, 0.05) is 32.2 Å². The molecule has 0 unspecified atom stereocenters. The van der Waals surface area contributed by atoms with Crippen molar-refractivity contribution < 1.29 is 18.4 Å². The summed E-state index contributed by atoms with van der Waals surface area (Å²) in [6.45, 7) is 3.44. The van der Waals surface area contributed by atoms with Gasteiger partial charge in [-0.2, -0.15) is 0 Å². The molecule has 0 spiro atoms. The number of rotatable bonds is 3. The Morgan fingerprint density at radius 3 is 2.31 bits per heavy atom. The minimum Gasteiger partial charge on any atom is -0.339 e. The molecule has 0 saturated carbocycles. The van der Waals surface area contributed by atoms with Gasteiger partial charge in [-0.1, -0.05) is 29.8 Å². The minimum atomic E-state index is -0.868. The maximum atomic E-state index is 13.8. The Morgan fingerprint density at radius 1 is 0.962 bits per heavy atom. The second-order valence-electron chi connectivity index (χ2n) is 6.46. The minimum absolute atomic E-state index is 0.00987. The lowest BCUT2D eigenvalue weighted by atomic mass is 10.1. The van der Waals surface area contributed by atoms with Crippen LogP contribution in [-0.2, 0) is 11.2 Å². The van der Waals surface area contributed by atoms with Crippen molar-refractivity contribution in [2.75, 3.05) is 26.2 Å². The van der Waals surface area contributed by atoms with Gasteiger partial charge in [0.1, 0.15) is 11.6 Å². The maximum absolute atomic E-state index is 13.8. The van der Waals surface area contributed by atoms with Gasteiger partial charge in [-0.25, -0.2) is 8.78 Å². The maximum Gasteiger partial charge on any atom is 0.256 e. The Morgan fingerprint density at radius 2 is 1.65 bits per heavy atom. The molecule has 0 N–H and O–H groups in total. The first-order valence-electron chi connectivity index (χ1n) is 8.51.